The van der Waals surface area contributed by atoms with Crippen molar-refractivity contribution in [2.75, 3.05) is 0 Å². The van der Waals surface area contributed by atoms with Gasteiger partial charge >= 0.3 is 0 Å². The van der Waals surface area contributed by atoms with Crippen molar-refractivity contribution in [1.29, 1.82) is 0 Å². The first kappa shape index (κ1) is 9.62. The van der Waals surface area contributed by atoms with Gasteiger partial charge in [0.2, 0.25) is 5.78 Å². The van der Waals surface area contributed by atoms with Gasteiger partial charge < -0.3 is 0 Å². The maximum absolute atomic E-state index is 12.2. The van der Waals surface area contributed by atoms with Gasteiger partial charge in [0.05, 0.1) is 6.20 Å². The number of aromatic nitrogens is 2. The molecule has 2 heterocycles. The standard InChI is InChI=1S/C11H6N2OS2/c14-10(9-6-12-13-16-9)8-3-1-2-7-4-5-15-11(7)8/h1-6H. The minimum absolute atomic E-state index is 0.00282. The molecular formula is C11H6N2OS2. The molecule has 0 spiro atoms. The van der Waals surface area contributed by atoms with Crippen molar-refractivity contribution in [2.45, 2.75) is 0 Å². The van der Waals surface area contributed by atoms with Crippen LogP contribution < -0.4 is 0 Å². The quantitative estimate of drug-likeness (QED) is 0.653. The molecule has 0 N–H and O–H groups in total. The Labute approximate surface area is 99.5 Å². The van der Waals surface area contributed by atoms with E-state index in [1.54, 1.807) is 11.3 Å². The van der Waals surface area contributed by atoms with Crippen LogP contribution in [0.5, 0.6) is 0 Å². The zero-order chi connectivity index (χ0) is 11.0. The highest BCUT2D eigenvalue weighted by Gasteiger charge is 2.14. The second-order valence-electron chi connectivity index (χ2n) is 3.26. The Morgan fingerprint density at radius 3 is 3.00 bits per heavy atom. The van der Waals surface area contributed by atoms with Gasteiger partial charge in [-0.05, 0) is 34.4 Å². The molecule has 0 fully saturated rings. The van der Waals surface area contributed by atoms with Gasteiger partial charge in [-0.2, -0.15) is 0 Å². The molecule has 1 aromatic carbocycles. The summed E-state index contributed by atoms with van der Waals surface area (Å²) in [5.41, 5.74) is 0.735. The molecule has 2 aromatic heterocycles. The molecule has 0 aliphatic carbocycles. The summed E-state index contributed by atoms with van der Waals surface area (Å²) >= 11 is 2.71. The molecule has 0 bridgehead atoms. The van der Waals surface area contributed by atoms with Crippen molar-refractivity contribution in [3.05, 3.63) is 46.3 Å². The molecule has 16 heavy (non-hydrogen) atoms. The number of ketones is 1. The maximum Gasteiger partial charge on any atom is 0.207 e. The minimum atomic E-state index is 0.00282. The second kappa shape index (κ2) is 3.77. The summed E-state index contributed by atoms with van der Waals surface area (Å²) in [7, 11) is 0. The predicted octanol–water partition coefficient (Wildman–Crippen LogP) is 2.98. The Balaban J connectivity index is 2.19. The first-order valence-electron chi connectivity index (χ1n) is 4.64. The third-order valence-electron chi connectivity index (χ3n) is 2.31. The first-order chi connectivity index (χ1) is 7.86. The van der Waals surface area contributed by atoms with Gasteiger partial charge in [-0.15, -0.1) is 16.4 Å². The number of thiophene rings is 1. The number of hydrogen-bond acceptors (Lipinski definition) is 5. The summed E-state index contributed by atoms with van der Waals surface area (Å²) < 4.78 is 4.74. The van der Waals surface area contributed by atoms with Gasteiger partial charge in [0.25, 0.3) is 0 Å². The molecule has 5 heteroatoms. The van der Waals surface area contributed by atoms with E-state index < -0.39 is 0 Å². The lowest BCUT2D eigenvalue weighted by molar-refractivity contribution is 0.104. The van der Waals surface area contributed by atoms with E-state index in [-0.39, 0.29) is 5.78 Å². The zero-order valence-corrected chi connectivity index (χ0v) is 9.72. The van der Waals surface area contributed by atoms with E-state index in [1.165, 1.54) is 6.20 Å². The summed E-state index contributed by atoms with van der Waals surface area (Å²) in [6, 6.07) is 7.77. The summed E-state index contributed by atoms with van der Waals surface area (Å²) in [6.45, 7) is 0. The van der Waals surface area contributed by atoms with E-state index in [4.69, 9.17) is 0 Å². The highest BCUT2D eigenvalue weighted by atomic mass is 32.1. The van der Waals surface area contributed by atoms with Crippen LogP contribution in [0, 0.1) is 0 Å². The molecule has 0 amide bonds. The third-order valence-corrected chi connectivity index (χ3v) is 3.94. The molecule has 78 valence electrons. The van der Waals surface area contributed by atoms with Crippen LogP contribution in [0.1, 0.15) is 15.2 Å². The maximum atomic E-state index is 12.2. The predicted molar refractivity (Wildman–Crippen MR) is 65.2 cm³/mol. The molecule has 0 radical (unpaired) electrons. The zero-order valence-electron chi connectivity index (χ0n) is 8.08. The smallest absolute Gasteiger partial charge is 0.207 e. The highest BCUT2D eigenvalue weighted by Crippen LogP contribution is 2.26. The molecule has 0 aliphatic heterocycles. The average molecular weight is 246 g/mol. The number of benzene rings is 1. The molecule has 0 unspecified atom stereocenters. The lowest BCUT2D eigenvalue weighted by Crippen LogP contribution is -1.98. The van der Waals surface area contributed by atoms with Gasteiger partial charge in [-0.1, -0.05) is 16.6 Å². The van der Waals surface area contributed by atoms with Crippen molar-refractivity contribution in [2.24, 2.45) is 0 Å². The van der Waals surface area contributed by atoms with Crippen LogP contribution in [0.2, 0.25) is 0 Å². The summed E-state index contributed by atoms with van der Waals surface area (Å²) in [6.07, 6.45) is 1.51. The van der Waals surface area contributed by atoms with Gasteiger partial charge in [0, 0.05) is 10.3 Å². The van der Waals surface area contributed by atoms with Crippen molar-refractivity contribution in [3.8, 4) is 0 Å². The van der Waals surface area contributed by atoms with Gasteiger partial charge in [0.1, 0.15) is 4.88 Å². The fourth-order valence-electron chi connectivity index (χ4n) is 1.57. The summed E-state index contributed by atoms with van der Waals surface area (Å²) in [5.74, 6) is 0.00282. The number of nitrogens with zero attached hydrogens (tertiary/aromatic N) is 2. The molecule has 0 saturated carbocycles. The molecule has 0 atom stereocenters. The normalized spacial score (nSPS) is 10.8. The fraction of sp³-hybridized carbons (Fsp3) is 0. The van der Waals surface area contributed by atoms with Crippen LogP contribution in [-0.2, 0) is 0 Å². The number of fused-ring (bicyclic) bond motifs is 1. The topological polar surface area (TPSA) is 42.9 Å². The van der Waals surface area contributed by atoms with Crippen LogP contribution in [0.25, 0.3) is 10.1 Å². The Morgan fingerprint density at radius 1 is 1.25 bits per heavy atom. The van der Waals surface area contributed by atoms with Crippen molar-refractivity contribution < 1.29 is 4.79 Å². The van der Waals surface area contributed by atoms with Crippen molar-refractivity contribution in [1.82, 2.24) is 9.59 Å². The Bertz CT molecular complexity index is 643. The largest absolute Gasteiger partial charge is 0.288 e. The van der Waals surface area contributed by atoms with E-state index in [9.17, 15) is 4.79 Å². The van der Waals surface area contributed by atoms with Gasteiger partial charge in [-0.25, -0.2) is 0 Å². The van der Waals surface area contributed by atoms with Crippen LogP contribution in [-0.4, -0.2) is 15.4 Å². The Kier molecular flexibility index (Phi) is 2.27. The van der Waals surface area contributed by atoms with Crippen LogP contribution in [0.15, 0.2) is 35.8 Å². The first-order valence-corrected chi connectivity index (χ1v) is 6.30. The van der Waals surface area contributed by atoms with E-state index in [2.05, 4.69) is 9.59 Å². The van der Waals surface area contributed by atoms with Crippen molar-refractivity contribution in [3.63, 3.8) is 0 Å². The van der Waals surface area contributed by atoms with Crippen molar-refractivity contribution >= 4 is 38.7 Å². The van der Waals surface area contributed by atoms with E-state index >= 15 is 0 Å². The molecule has 0 saturated heterocycles. The van der Waals surface area contributed by atoms with E-state index in [0.717, 1.165) is 27.2 Å². The Morgan fingerprint density at radius 2 is 2.19 bits per heavy atom. The monoisotopic (exact) mass is 246 g/mol. The van der Waals surface area contributed by atoms with Crippen LogP contribution in [0.4, 0.5) is 0 Å². The van der Waals surface area contributed by atoms with Crippen LogP contribution in [0.3, 0.4) is 0 Å². The molecule has 3 aromatic rings. The SMILES string of the molecule is O=C(c1cnns1)c1cccc2ccsc12. The number of rotatable bonds is 2. The lowest BCUT2D eigenvalue weighted by Gasteiger charge is -1.98. The van der Waals surface area contributed by atoms with Gasteiger partial charge in [-0.3, -0.25) is 4.79 Å². The lowest BCUT2D eigenvalue weighted by atomic mass is 10.1. The van der Waals surface area contributed by atoms with Gasteiger partial charge in [0.15, 0.2) is 0 Å². The van der Waals surface area contributed by atoms with E-state index in [0.29, 0.717) is 4.88 Å². The second-order valence-corrected chi connectivity index (χ2v) is 4.96. The molecular weight excluding hydrogens is 240 g/mol. The molecule has 0 aliphatic rings. The number of carbonyl (C=O) groups excluding carboxylic acids is 1. The fourth-order valence-corrected chi connectivity index (χ4v) is 2.95. The third kappa shape index (κ3) is 1.45. The Hall–Kier alpha value is -1.59. The number of carbonyl (C=O) groups is 1. The summed E-state index contributed by atoms with van der Waals surface area (Å²) in [5, 5.41) is 6.78. The van der Waals surface area contributed by atoms with Crippen LogP contribution >= 0.6 is 22.9 Å². The molecule has 3 rings (SSSR count). The number of hydrogen-bond donors (Lipinski definition) is 0. The van der Waals surface area contributed by atoms with E-state index in [1.807, 2.05) is 29.6 Å². The molecule has 3 nitrogen and oxygen atoms in total. The minimum Gasteiger partial charge on any atom is -0.288 e. The summed E-state index contributed by atoms with van der Waals surface area (Å²) in [4.78, 5) is 12.7. The highest BCUT2D eigenvalue weighted by molar-refractivity contribution is 7.17. The average Bonchev–Trinajstić information content (AvgIpc) is 2.98.